The van der Waals surface area contributed by atoms with Crippen molar-refractivity contribution in [2.75, 3.05) is 10.6 Å². The molecule has 0 aliphatic carbocycles. The zero-order chi connectivity index (χ0) is 28.9. The summed E-state index contributed by atoms with van der Waals surface area (Å²) >= 11 is 2.17. The fourth-order valence-corrected chi connectivity index (χ4v) is 6.13. The Hall–Kier alpha value is -5.13. The first kappa shape index (κ1) is 27.1. The van der Waals surface area contributed by atoms with Crippen LogP contribution in [0.2, 0.25) is 0 Å². The maximum atomic E-state index is 14.2. The number of aromatic nitrogens is 2. The number of carbonyl (C=O) groups excluding carboxylic acids is 3. The maximum absolute atomic E-state index is 14.2. The van der Waals surface area contributed by atoms with Crippen LogP contribution in [0, 0.1) is 0 Å². The van der Waals surface area contributed by atoms with Gasteiger partial charge >= 0.3 is 0 Å². The van der Waals surface area contributed by atoms with E-state index in [-0.39, 0.29) is 27.6 Å². The summed E-state index contributed by atoms with van der Waals surface area (Å²) < 4.78 is 10.4. The van der Waals surface area contributed by atoms with Crippen molar-refractivity contribution in [3.05, 3.63) is 141 Å². The summed E-state index contributed by atoms with van der Waals surface area (Å²) in [4.78, 5) is 49.6. The summed E-state index contributed by atoms with van der Waals surface area (Å²) in [6.07, 6.45) is 3.58. The highest BCUT2D eigenvalue weighted by Gasteiger charge is 2.27. The van der Waals surface area contributed by atoms with Crippen LogP contribution in [-0.2, 0) is 12.8 Å². The van der Waals surface area contributed by atoms with Crippen LogP contribution in [0.25, 0.3) is 0 Å². The van der Waals surface area contributed by atoms with Crippen LogP contribution >= 0.6 is 22.7 Å². The van der Waals surface area contributed by atoms with Crippen molar-refractivity contribution in [2.45, 2.75) is 12.8 Å². The van der Waals surface area contributed by atoms with Crippen LogP contribution in [0.15, 0.2) is 106 Å². The van der Waals surface area contributed by atoms with Gasteiger partial charge in [-0.3, -0.25) is 25.0 Å². The van der Waals surface area contributed by atoms with Crippen LogP contribution in [0.4, 0.5) is 10.3 Å². The topological polar surface area (TPSA) is 127 Å². The molecule has 208 valence electrons. The number of carbonyl (C=O) groups is 3. The van der Waals surface area contributed by atoms with Crippen LogP contribution < -0.4 is 10.6 Å². The molecule has 0 atom stereocenters. The van der Waals surface area contributed by atoms with Crippen molar-refractivity contribution in [2.24, 2.45) is 0 Å². The lowest BCUT2D eigenvalue weighted by atomic mass is 10.1. The summed E-state index contributed by atoms with van der Waals surface area (Å²) in [5.74, 6) is -0.965. The van der Waals surface area contributed by atoms with Crippen molar-refractivity contribution in [3.8, 4) is 0 Å². The average Bonchev–Trinajstić information content (AvgIpc) is 3.82. The Morgan fingerprint density at radius 2 is 1.02 bits per heavy atom. The Morgan fingerprint density at radius 3 is 1.40 bits per heavy atom. The van der Waals surface area contributed by atoms with Gasteiger partial charge in [-0.05, 0) is 35.4 Å². The predicted octanol–water partition coefficient (Wildman–Crippen LogP) is 6.70. The van der Waals surface area contributed by atoms with E-state index in [0.29, 0.717) is 34.0 Å². The Labute approximate surface area is 247 Å². The van der Waals surface area contributed by atoms with Crippen molar-refractivity contribution >= 4 is 50.5 Å². The molecule has 2 N–H and O–H groups in total. The fourth-order valence-electron chi connectivity index (χ4n) is 4.22. The standard InChI is InChI=1S/C31H22N4O5S2/c36-25(26-21(17-19-9-3-1-4-10-19)32-30(41-26)34-28(37)23-13-7-15-39-23)27-22(18-20-11-5-2-6-12-20)33-31(42-27)35-29(38)24-14-8-16-40-24/h1-16H,17-18H2,(H,32,34,37)(H,33,35,38). The lowest BCUT2D eigenvalue weighted by Gasteiger charge is -2.04. The molecule has 0 aliphatic heterocycles. The summed E-state index contributed by atoms with van der Waals surface area (Å²) in [7, 11) is 0. The van der Waals surface area contributed by atoms with E-state index in [9.17, 15) is 14.4 Å². The molecule has 0 bridgehead atoms. The molecule has 0 aliphatic rings. The van der Waals surface area contributed by atoms with E-state index < -0.39 is 11.8 Å². The number of hydrogen-bond acceptors (Lipinski definition) is 9. The lowest BCUT2D eigenvalue weighted by molar-refractivity contribution is 0.0989. The van der Waals surface area contributed by atoms with E-state index in [1.165, 1.54) is 12.5 Å². The van der Waals surface area contributed by atoms with Gasteiger partial charge in [0, 0.05) is 12.8 Å². The Bertz CT molecular complexity index is 1690. The van der Waals surface area contributed by atoms with Gasteiger partial charge in [0.05, 0.1) is 23.9 Å². The number of furan rings is 2. The van der Waals surface area contributed by atoms with E-state index in [4.69, 9.17) is 8.83 Å². The third kappa shape index (κ3) is 6.12. The number of thiazole rings is 2. The average molecular weight is 595 g/mol. The predicted molar refractivity (Wildman–Crippen MR) is 159 cm³/mol. The molecule has 4 heterocycles. The zero-order valence-corrected chi connectivity index (χ0v) is 23.5. The normalized spacial score (nSPS) is 10.9. The van der Waals surface area contributed by atoms with Crippen LogP contribution in [-0.4, -0.2) is 27.6 Å². The Morgan fingerprint density at radius 1 is 0.595 bits per heavy atom. The first-order chi connectivity index (χ1) is 20.5. The first-order valence-corrected chi connectivity index (χ1v) is 14.5. The van der Waals surface area contributed by atoms with Crippen LogP contribution in [0.1, 0.15) is 58.2 Å². The number of rotatable bonds is 10. The molecule has 6 aromatic rings. The fraction of sp³-hybridized carbons (Fsp3) is 0.0645. The Balaban J connectivity index is 1.36. The number of hydrogen-bond donors (Lipinski definition) is 2. The van der Waals surface area contributed by atoms with Gasteiger partial charge in [0.25, 0.3) is 11.8 Å². The summed E-state index contributed by atoms with van der Waals surface area (Å²) in [6.45, 7) is 0. The highest BCUT2D eigenvalue weighted by atomic mass is 32.1. The molecular formula is C31H22N4O5S2. The van der Waals surface area contributed by atoms with Crippen molar-refractivity contribution < 1.29 is 23.2 Å². The highest BCUT2D eigenvalue weighted by molar-refractivity contribution is 7.21. The van der Waals surface area contributed by atoms with Crippen LogP contribution in [0.3, 0.4) is 0 Å². The molecule has 4 aromatic heterocycles. The molecule has 9 nitrogen and oxygen atoms in total. The van der Waals surface area contributed by atoms with Gasteiger partial charge in [-0.2, -0.15) is 0 Å². The number of benzene rings is 2. The molecule has 0 radical (unpaired) electrons. The minimum Gasteiger partial charge on any atom is -0.459 e. The largest absolute Gasteiger partial charge is 0.459 e. The molecule has 2 aromatic carbocycles. The van der Waals surface area contributed by atoms with Crippen LogP contribution in [0.5, 0.6) is 0 Å². The van der Waals surface area contributed by atoms with Gasteiger partial charge in [-0.25, -0.2) is 9.97 Å². The SMILES string of the molecule is O=C(Nc1nc(Cc2ccccc2)c(C(=O)c2sc(NC(=O)c3ccco3)nc2Cc2ccccc2)s1)c1ccco1. The van der Waals surface area contributed by atoms with E-state index >= 15 is 0 Å². The first-order valence-electron chi connectivity index (χ1n) is 12.8. The number of ketones is 1. The van der Waals surface area contributed by atoms with Crippen molar-refractivity contribution in [3.63, 3.8) is 0 Å². The number of amides is 2. The van der Waals surface area contributed by atoms with Gasteiger partial charge in [0.15, 0.2) is 21.8 Å². The number of nitrogens with one attached hydrogen (secondary N) is 2. The summed E-state index contributed by atoms with van der Waals surface area (Å²) in [5.41, 5.74) is 2.96. The zero-order valence-electron chi connectivity index (χ0n) is 21.9. The molecule has 11 heteroatoms. The van der Waals surface area contributed by atoms with Gasteiger partial charge in [0.2, 0.25) is 5.78 Å². The van der Waals surface area contributed by atoms with E-state index in [2.05, 4.69) is 20.6 Å². The second-order valence-corrected chi connectivity index (χ2v) is 11.1. The molecule has 0 fully saturated rings. The van der Waals surface area contributed by atoms with Gasteiger partial charge < -0.3 is 8.83 Å². The number of anilines is 2. The molecular weight excluding hydrogens is 572 g/mol. The minimum absolute atomic E-state index is 0.132. The molecule has 0 spiro atoms. The summed E-state index contributed by atoms with van der Waals surface area (Å²) in [6, 6.07) is 25.6. The number of nitrogens with zero attached hydrogens (tertiary/aromatic N) is 2. The smallest absolute Gasteiger partial charge is 0.293 e. The maximum Gasteiger partial charge on any atom is 0.293 e. The second kappa shape index (κ2) is 12.2. The second-order valence-electron chi connectivity index (χ2n) is 9.11. The summed E-state index contributed by atoms with van der Waals surface area (Å²) in [5, 5.41) is 6.02. The van der Waals surface area contributed by atoms with Gasteiger partial charge in [-0.15, -0.1) is 0 Å². The van der Waals surface area contributed by atoms with E-state index in [0.717, 1.165) is 33.8 Å². The van der Waals surface area contributed by atoms with E-state index in [1.807, 2.05) is 60.7 Å². The molecule has 0 unspecified atom stereocenters. The monoisotopic (exact) mass is 594 g/mol. The molecule has 2 amide bonds. The molecule has 0 saturated heterocycles. The Kier molecular flexibility index (Phi) is 7.84. The third-order valence-electron chi connectivity index (χ3n) is 6.17. The van der Waals surface area contributed by atoms with Gasteiger partial charge in [0.1, 0.15) is 9.75 Å². The highest BCUT2D eigenvalue weighted by Crippen LogP contribution is 2.33. The third-order valence-corrected chi connectivity index (χ3v) is 8.19. The quantitative estimate of drug-likeness (QED) is 0.169. The molecule has 42 heavy (non-hydrogen) atoms. The van der Waals surface area contributed by atoms with Gasteiger partial charge in [-0.1, -0.05) is 83.3 Å². The molecule has 6 rings (SSSR count). The van der Waals surface area contributed by atoms with Crippen molar-refractivity contribution in [1.29, 1.82) is 0 Å². The van der Waals surface area contributed by atoms with Crippen molar-refractivity contribution in [1.82, 2.24) is 9.97 Å². The van der Waals surface area contributed by atoms with E-state index in [1.54, 1.807) is 24.3 Å². The lowest BCUT2D eigenvalue weighted by Crippen LogP contribution is -2.10. The molecule has 0 saturated carbocycles. The minimum atomic E-state index is -0.468.